The molecule has 0 heterocycles. The topological polar surface area (TPSA) is 98.5 Å². The van der Waals surface area contributed by atoms with Crippen LogP contribution in [0.5, 0.6) is 11.5 Å². The van der Waals surface area contributed by atoms with Crippen molar-refractivity contribution in [3.05, 3.63) is 71.5 Å². The molecule has 0 bridgehead atoms. The highest BCUT2D eigenvalue weighted by Crippen LogP contribution is 2.37. The summed E-state index contributed by atoms with van der Waals surface area (Å²) in [4.78, 5) is 11.1. The lowest BCUT2D eigenvalue weighted by molar-refractivity contribution is -0.114. The minimum atomic E-state index is -4.21. The standard InChI is InChI=1S/C20H16ClFN2O4S/c1-12(25)24-17-7-3-6-16(22)20(17)13-8-9-18(19(10-13)29(23,26)27)28-15-5-2-4-14(21)11-15/h2-11H,1H3,(H,24,25)(H2,23,26,27). The highest BCUT2D eigenvalue weighted by Gasteiger charge is 2.20. The van der Waals surface area contributed by atoms with Crippen LogP contribution in [0.15, 0.2) is 65.6 Å². The second-order valence-electron chi connectivity index (χ2n) is 6.11. The molecular weight excluding hydrogens is 419 g/mol. The number of primary sulfonamides is 1. The van der Waals surface area contributed by atoms with Gasteiger partial charge < -0.3 is 10.1 Å². The van der Waals surface area contributed by atoms with Gasteiger partial charge in [0.2, 0.25) is 15.9 Å². The van der Waals surface area contributed by atoms with Crippen LogP contribution in [0.1, 0.15) is 6.92 Å². The second kappa shape index (κ2) is 8.20. The molecule has 3 N–H and O–H groups in total. The summed E-state index contributed by atoms with van der Waals surface area (Å²) in [6.07, 6.45) is 0. The van der Waals surface area contributed by atoms with Gasteiger partial charge in [-0.3, -0.25) is 4.79 Å². The number of hydrogen-bond donors (Lipinski definition) is 2. The monoisotopic (exact) mass is 434 g/mol. The number of hydrogen-bond acceptors (Lipinski definition) is 4. The van der Waals surface area contributed by atoms with E-state index in [-0.39, 0.29) is 27.5 Å². The van der Waals surface area contributed by atoms with E-state index in [1.807, 2.05) is 0 Å². The molecule has 0 aliphatic heterocycles. The van der Waals surface area contributed by atoms with Crippen molar-refractivity contribution in [2.24, 2.45) is 5.14 Å². The third-order valence-corrected chi connectivity index (χ3v) is 5.05. The number of benzene rings is 3. The first-order chi connectivity index (χ1) is 13.6. The van der Waals surface area contributed by atoms with Gasteiger partial charge in [-0.2, -0.15) is 0 Å². The summed E-state index contributed by atoms with van der Waals surface area (Å²) in [5.74, 6) is -0.777. The van der Waals surface area contributed by atoms with Crippen molar-refractivity contribution in [2.45, 2.75) is 11.8 Å². The molecule has 29 heavy (non-hydrogen) atoms. The first kappa shape index (κ1) is 20.8. The largest absolute Gasteiger partial charge is 0.456 e. The van der Waals surface area contributed by atoms with Gasteiger partial charge in [0.25, 0.3) is 0 Å². The molecule has 0 saturated carbocycles. The van der Waals surface area contributed by atoms with Gasteiger partial charge in [-0.05, 0) is 48.0 Å². The molecule has 0 fully saturated rings. The maximum Gasteiger partial charge on any atom is 0.241 e. The molecule has 9 heteroatoms. The predicted octanol–water partition coefficient (Wildman–Crippen LogP) is 4.54. The van der Waals surface area contributed by atoms with E-state index < -0.39 is 21.7 Å². The van der Waals surface area contributed by atoms with E-state index in [2.05, 4.69) is 5.32 Å². The lowest BCUT2D eigenvalue weighted by Gasteiger charge is -2.15. The SMILES string of the molecule is CC(=O)Nc1cccc(F)c1-c1ccc(Oc2cccc(Cl)c2)c(S(N)(=O)=O)c1. The quantitative estimate of drug-likeness (QED) is 0.615. The highest BCUT2D eigenvalue weighted by atomic mass is 35.5. The van der Waals surface area contributed by atoms with Gasteiger partial charge in [-0.1, -0.05) is 29.8 Å². The van der Waals surface area contributed by atoms with Crippen LogP contribution in [-0.2, 0) is 14.8 Å². The first-order valence-corrected chi connectivity index (χ1v) is 10.2. The van der Waals surface area contributed by atoms with Gasteiger partial charge in [0, 0.05) is 17.5 Å². The van der Waals surface area contributed by atoms with Gasteiger partial charge >= 0.3 is 0 Å². The van der Waals surface area contributed by atoms with Crippen LogP contribution in [-0.4, -0.2) is 14.3 Å². The molecule has 0 aromatic heterocycles. The van der Waals surface area contributed by atoms with E-state index >= 15 is 0 Å². The minimum Gasteiger partial charge on any atom is -0.456 e. The molecule has 0 unspecified atom stereocenters. The Labute approximate surface area is 172 Å². The number of anilines is 1. The van der Waals surface area contributed by atoms with Crippen LogP contribution >= 0.6 is 11.6 Å². The third kappa shape index (κ3) is 4.92. The molecule has 3 rings (SSSR count). The number of ether oxygens (including phenoxy) is 1. The molecule has 0 spiro atoms. The van der Waals surface area contributed by atoms with Crippen molar-refractivity contribution in [1.29, 1.82) is 0 Å². The number of amides is 1. The number of nitrogens with two attached hydrogens (primary N) is 1. The average Bonchev–Trinajstić information content (AvgIpc) is 2.61. The van der Waals surface area contributed by atoms with Crippen LogP contribution in [0.4, 0.5) is 10.1 Å². The molecule has 1 amide bonds. The normalized spacial score (nSPS) is 11.2. The number of nitrogens with one attached hydrogen (secondary N) is 1. The number of carbonyl (C=O) groups excluding carboxylic acids is 1. The summed E-state index contributed by atoms with van der Waals surface area (Å²) in [6, 6.07) is 14.5. The lowest BCUT2D eigenvalue weighted by Crippen LogP contribution is -2.14. The Morgan fingerprint density at radius 3 is 2.48 bits per heavy atom. The van der Waals surface area contributed by atoms with E-state index in [0.29, 0.717) is 10.8 Å². The summed E-state index contributed by atoms with van der Waals surface area (Å²) >= 11 is 5.92. The molecule has 0 aliphatic rings. The summed E-state index contributed by atoms with van der Waals surface area (Å²) in [5.41, 5.74) is 0.428. The number of sulfonamides is 1. The van der Waals surface area contributed by atoms with E-state index in [0.717, 1.165) is 0 Å². The van der Waals surface area contributed by atoms with Crippen LogP contribution in [0.25, 0.3) is 11.1 Å². The summed E-state index contributed by atoms with van der Waals surface area (Å²) in [5, 5.41) is 8.28. The average molecular weight is 435 g/mol. The zero-order chi connectivity index (χ0) is 21.2. The van der Waals surface area contributed by atoms with Gasteiger partial charge in [-0.15, -0.1) is 0 Å². The zero-order valence-corrected chi connectivity index (χ0v) is 16.7. The van der Waals surface area contributed by atoms with E-state index in [1.54, 1.807) is 18.2 Å². The summed E-state index contributed by atoms with van der Waals surface area (Å²) < 4.78 is 44.5. The Kier molecular flexibility index (Phi) is 5.88. The van der Waals surface area contributed by atoms with Crippen LogP contribution in [0.3, 0.4) is 0 Å². The summed E-state index contributed by atoms with van der Waals surface area (Å²) in [7, 11) is -4.21. The molecule has 3 aromatic carbocycles. The number of halogens is 2. The molecule has 0 aliphatic carbocycles. The third-order valence-electron chi connectivity index (χ3n) is 3.89. The molecule has 0 saturated heterocycles. The fraction of sp³-hybridized carbons (Fsp3) is 0.0500. The van der Waals surface area contributed by atoms with Crippen LogP contribution in [0.2, 0.25) is 5.02 Å². The Balaban J connectivity index is 2.14. The fourth-order valence-corrected chi connectivity index (χ4v) is 3.60. The van der Waals surface area contributed by atoms with Gasteiger partial charge in [0.05, 0.1) is 5.69 Å². The molecular formula is C20H16ClFN2O4S. The van der Waals surface area contributed by atoms with Crippen molar-refractivity contribution in [3.63, 3.8) is 0 Å². The van der Waals surface area contributed by atoms with Crippen molar-refractivity contribution in [2.75, 3.05) is 5.32 Å². The molecule has 0 radical (unpaired) electrons. The molecule has 150 valence electrons. The van der Waals surface area contributed by atoms with Gasteiger partial charge in [0.15, 0.2) is 0 Å². The fourth-order valence-electron chi connectivity index (χ4n) is 2.74. The van der Waals surface area contributed by atoms with E-state index in [1.165, 1.54) is 49.4 Å². The lowest BCUT2D eigenvalue weighted by atomic mass is 10.0. The second-order valence-corrected chi connectivity index (χ2v) is 8.08. The van der Waals surface area contributed by atoms with Crippen molar-refractivity contribution in [1.82, 2.24) is 0 Å². The minimum absolute atomic E-state index is 0.0295. The Bertz CT molecular complexity index is 1200. The van der Waals surface area contributed by atoms with Crippen molar-refractivity contribution >= 4 is 33.2 Å². The van der Waals surface area contributed by atoms with E-state index in [4.69, 9.17) is 21.5 Å². The van der Waals surface area contributed by atoms with Gasteiger partial charge in [0.1, 0.15) is 22.2 Å². The number of carbonyl (C=O) groups is 1. The summed E-state index contributed by atoms with van der Waals surface area (Å²) in [6.45, 7) is 1.28. The van der Waals surface area contributed by atoms with Gasteiger partial charge in [-0.25, -0.2) is 17.9 Å². The highest BCUT2D eigenvalue weighted by molar-refractivity contribution is 7.89. The molecule has 0 atom stereocenters. The number of rotatable bonds is 5. The van der Waals surface area contributed by atoms with Crippen molar-refractivity contribution < 1.29 is 22.3 Å². The Morgan fingerprint density at radius 2 is 1.83 bits per heavy atom. The van der Waals surface area contributed by atoms with Crippen LogP contribution < -0.4 is 15.2 Å². The maximum absolute atomic E-state index is 14.5. The molecule has 6 nitrogen and oxygen atoms in total. The van der Waals surface area contributed by atoms with E-state index in [9.17, 15) is 17.6 Å². The first-order valence-electron chi connectivity index (χ1n) is 8.32. The maximum atomic E-state index is 14.5. The Morgan fingerprint density at radius 1 is 1.10 bits per heavy atom. The van der Waals surface area contributed by atoms with Crippen molar-refractivity contribution in [3.8, 4) is 22.6 Å². The Hall–Kier alpha value is -2.94. The molecule has 3 aromatic rings. The zero-order valence-electron chi connectivity index (χ0n) is 15.1. The van der Waals surface area contributed by atoms with Crippen LogP contribution in [0, 0.1) is 5.82 Å². The smallest absolute Gasteiger partial charge is 0.241 e. The predicted molar refractivity (Wildman–Crippen MR) is 109 cm³/mol.